The Labute approximate surface area is 137 Å². The Morgan fingerprint density at radius 3 is 2.78 bits per heavy atom. The Morgan fingerprint density at radius 1 is 1.13 bits per heavy atom. The normalized spacial score (nSPS) is 16.9. The summed E-state index contributed by atoms with van der Waals surface area (Å²) in [4.78, 5) is 18.3. The molecule has 0 radical (unpaired) electrons. The van der Waals surface area contributed by atoms with E-state index in [1.54, 1.807) is 0 Å². The molecule has 1 unspecified atom stereocenters. The lowest BCUT2D eigenvalue weighted by Gasteiger charge is -2.24. The number of fused-ring (bicyclic) bond motifs is 1. The summed E-state index contributed by atoms with van der Waals surface area (Å²) in [5.74, 6) is 0.0744. The molecule has 3 heteroatoms. The largest absolute Gasteiger partial charge is 0.291 e. The highest BCUT2D eigenvalue weighted by Gasteiger charge is 2.28. The zero-order valence-corrected chi connectivity index (χ0v) is 13.5. The van der Waals surface area contributed by atoms with Crippen molar-refractivity contribution in [2.45, 2.75) is 45.1 Å². The molecule has 0 spiro atoms. The predicted octanol–water partition coefficient (Wildman–Crippen LogP) is 4.57. The van der Waals surface area contributed by atoms with Crippen molar-refractivity contribution < 1.29 is 9.63 Å². The Bertz CT molecular complexity index is 681. The lowest BCUT2D eigenvalue weighted by atomic mass is 9.89. The molecule has 0 aliphatic heterocycles. The number of carbonyl (C=O) groups is 1. The summed E-state index contributed by atoms with van der Waals surface area (Å²) in [7, 11) is 0. The number of anilines is 1. The van der Waals surface area contributed by atoms with Crippen LogP contribution in [-0.2, 0) is 17.7 Å². The fourth-order valence-electron chi connectivity index (χ4n) is 3.02. The Balaban J connectivity index is 1.67. The minimum Gasteiger partial charge on any atom is -0.291 e. The summed E-state index contributed by atoms with van der Waals surface area (Å²) in [6.07, 6.45) is 4.52. The van der Waals surface area contributed by atoms with Crippen LogP contribution in [0.15, 0.2) is 48.5 Å². The topological polar surface area (TPSA) is 38.3 Å². The average Bonchev–Trinajstić information content (AvgIpc) is 2.60. The molecule has 0 saturated heterocycles. The average molecular weight is 309 g/mol. The third kappa shape index (κ3) is 3.62. The number of hydrogen-bond donors (Lipinski definition) is 1. The number of aryl methyl sites for hydroxylation is 2. The van der Waals surface area contributed by atoms with Crippen molar-refractivity contribution in [3.8, 4) is 0 Å². The molecule has 2 aromatic rings. The first-order chi connectivity index (χ1) is 11.3. The van der Waals surface area contributed by atoms with Crippen molar-refractivity contribution in [2.24, 2.45) is 0 Å². The third-order valence-electron chi connectivity index (χ3n) is 4.38. The van der Waals surface area contributed by atoms with Gasteiger partial charge in [0.05, 0.1) is 5.69 Å². The monoisotopic (exact) mass is 309 g/mol. The first kappa shape index (κ1) is 15.8. The molecule has 1 N–H and O–H groups in total. The highest BCUT2D eigenvalue weighted by Crippen LogP contribution is 2.24. The van der Waals surface area contributed by atoms with E-state index in [9.17, 15) is 4.79 Å². The summed E-state index contributed by atoms with van der Waals surface area (Å²) in [5.41, 5.74) is 7.15. The van der Waals surface area contributed by atoms with Crippen LogP contribution < -0.4 is 5.48 Å². The smallest absolute Gasteiger partial charge is 0.194 e. The van der Waals surface area contributed by atoms with Crippen LogP contribution in [0.5, 0.6) is 0 Å². The van der Waals surface area contributed by atoms with Crippen LogP contribution in [0.1, 0.15) is 47.7 Å². The molecule has 23 heavy (non-hydrogen) atoms. The summed E-state index contributed by atoms with van der Waals surface area (Å²) >= 11 is 0. The van der Waals surface area contributed by atoms with Crippen molar-refractivity contribution in [3.63, 3.8) is 0 Å². The van der Waals surface area contributed by atoms with Gasteiger partial charge in [0.15, 0.2) is 5.78 Å². The fraction of sp³-hybridized carbons (Fsp3) is 0.350. The molecule has 0 saturated carbocycles. The van der Waals surface area contributed by atoms with Crippen LogP contribution in [0.3, 0.4) is 0 Å². The molecule has 1 aliphatic rings. The maximum absolute atomic E-state index is 12.5. The number of benzene rings is 2. The summed E-state index contributed by atoms with van der Waals surface area (Å²) in [5, 5.41) is 0. The standard InChI is InChI=1S/C20H23NO2/c1-2-3-8-16-10-5-7-12-18(16)21-23-19-14-13-15-9-4-6-11-17(15)20(19)22/h4-7,9-12,19,21H,2-3,8,13-14H2,1H3. The Kier molecular flexibility index (Phi) is 5.09. The van der Waals surface area contributed by atoms with Gasteiger partial charge >= 0.3 is 0 Å². The first-order valence-corrected chi connectivity index (χ1v) is 8.41. The van der Waals surface area contributed by atoms with Crippen molar-refractivity contribution in [3.05, 3.63) is 65.2 Å². The number of unbranched alkanes of at least 4 members (excludes halogenated alkanes) is 1. The second-order valence-corrected chi connectivity index (χ2v) is 6.03. The third-order valence-corrected chi connectivity index (χ3v) is 4.38. The highest BCUT2D eigenvalue weighted by atomic mass is 16.7. The van der Waals surface area contributed by atoms with E-state index in [4.69, 9.17) is 4.84 Å². The number of carbonyl (C=O) groups excluding carboxylic acids is 1. The number of ketones is 1. The second-order valence-electron chi connectivity index (χ2n) is 6.03. The van der Waals surface area contributed by atoms with E-state index < -0.39 is 6.10 Å². The number of para-hydroxylation sites is 1. The molecule has 1 atom stereocenters. The number of Topliss-reactive ketones (excluding diaryl/α,β-unsaturated/α-hetero) is 1. The van der Waals surface area contributed by atoms with E-state index in [-0.39, 0.29) is 5.78 Å². The minimum atomic E-state index is -0.413. The van der Waals surface area contributed by atoms with Gasteiger partial charge in [-0.15, -0.1) is 0 Å². The molecule has 1 aliphatic carbocycles. The van der Waals surface area contributed by atoms with Crippen molar-refractivity contribution >= 4 is 11.5 Å². The molecule has 120 valence electrons. The minimum absolute atomic E-state index is 0.0744. The van der Waals surface area contributed by atoms with Crippen molar-refractivity contribution in [2.75, 3.05) is 5.48 Å². The Morgan fingerprint density at radius 2 is 1.91 bits per heavy atom. The summed E-state index contributed by atoms with van der Waals surface area (Å²) < 4.78 is 0. The van der Waals surface area contributed by atoms with Gasteiger partial charge in [-0.2, -0.15) is 0 Å². The number of rotatable bonds is 6. The van der Waals surface area contributed by atoms with E-state index in [1.807, 2.05) is 42.5 Å². The van der Waals surface area contributed by atoms with Gasteiger partial charge < -0.3 is 0 Å². The molecular formula is C20H23NO2. The fourth-order valence-corrected chi connectivity index (χ4v) is 3.02. The van der Waals surface area contributed by atoms with E-state index in [2.05, 4.69) is 18.5 Å². The quantitative estimate of drug-likeness (QED) is 0.794. The predicted molar refractivity (Wildman–Crippen MR) is 92.6 cm³/mol. The van der Waals surface area contributed by atoms with E-state index in [0.717, 1.165) is 48.9 Å². The maximum Gasteiger partial charge on any atom is 0.194 e. The second kappa shape index (κ2) is 7.42. The first-order valence-electron chi connectivity index (χ1n) is 8.41. The Hall–Kier alpha value is -2.13. The van der Waals surface area contributed by atoms with Gasteiger partial charge in [0, 0.05) is 5.56 Å². The molecule has 0 fully saturated rings. The maximum atomic E-state index is 12.5. The van der Waals surface area contributed by atoms with Gasteiger partial charge in [-0.25, -0.2) is 0 Å². The van der Waals surface area contributed by atoms with Gasteiger partial charge in [0.1, 0.15) is 6.10 Å². The molecule has 0 amide bonds. The van der Waals surface area contributed by atoms with E-state index >= 15 is 0 Å². The number of hydrogen-bond acceptors (Lipinski definition) is 3. The van der Waals surface area contributed by atoms with Crippen LogP contribution >= 0.6 is 0 Å². The van der Waals surface area contributed by atoms with Gasteiger partial charge in [-0.3, -0.25) is 15.1 Å². The highest BCUT2D eigenvalue weighted by molar-refractivity contribution is 6.01. The van der Waals surface area contributed by atoms with E-state index in [1.165, 1.54) is 5.56 Å². The van der Waals surface area contributed by atoms with Crippen LogP contribution in [0, 0.1) is 0 Å². The molecular weight excluding hydrogens is 286 g/mol. The van der Waals surface area contributed by atoms with Gasteiger partial charge in [-0.05, 0) is 42.9 Å². The van der Waals surface area contributed by atoms with Crippen LogP contribution in [0.4, 0.5) is 5.69 Å². The van der Waals surface area contributed by atoms with Crippen LogP contribution in [0.25, 0.3) is 0 Å². The summed E-state index contributed by atoms with van der Waals surface area (Å²) in [6.45, 7) is 2.19. The molecule has 3 rings (SSSR count). The molecule has 2 aromatic carbocycles. The zero-order valence-electron chi connectivity index (χ0n) is 13.5. The van der Waals surface area contributed by atoms with Crippen molar-refractivity contribution in [1.29, 1.82) is 0 Å². The molecule has 3 nitrogen and oxygen atoms in total. The molecule has 0 bridgehead atoms. The molecule has 0 aromatic heterocycles. The lowest BCUT2D eigenvalue weighted by Crippen LogP contribution is -2.32. The van der Waals surface area contributed by atoms with Crippen molar-refractivity contribution in [1.82, 2.24) is 0 Å². The van der Waals surface area contributed by atoms with E-state index in [0.29, 0.717) is 0 Å². The summed E-state index contributed by atoms with van der Waals surface area (Å²) in [6, 6.07) is 15.9. The SMILES string of the molecule is CCCCc1ccccc1NOC1CCc2ccccc2C1=O. The van der Waals surface area contributed by atoms with Crippen LogP contribution in [0.2, 0.25) is 0 Å². The lowest BCUT2D eigenvalue weighted by molar-refractivity contribution is 0.0550. The number of nitrogens with one attached hydrogen (secondary N) is 1. The van der Waals surface area contributed by atoms with Gasteiger partial charge in [0.25, 0.3) is 0 Å². The molecule has 0 heterocycles. The zero-order chi connectivity index (χ0) is 16.1. The van der Waals surface area contributed by atoms with Crippen LogP contribution in [-0.4, -0.2) is 11.9 Å². The van der Waals surface area contributed by atoms with Gasteiger partial charge in [-0.1, -0.05) is 55.8 Å². The van der Waals surface area contributed by atoms with Gasteiger partial charge in [0.2, 0.25) is 0 Å².